The van der Waals surface area contributed by atoms with E-state index in [0.717, 1.165) is 11.1 Å². The second-order valence-electron chi connectivity index (χ2n) is 6.23. The Balaban J connectivity index is 2.16. The molecule has 0 aromatic rings. The van der Waals surface area contributed by atoms with Crippen molar-refractivity contribution in [1.82, 2.24) is 0 Å². The van der Waals surface area contributed by atoms with Gasteiger partial charge in [-0.05, 0) is 31.3 Å². The van der Waals surface area contributed by atoms with Gasteiger partial charge in [-0.1, -0.05) is 13.0 Å². The summed E-state index contributed by atoms with van der Waals surface area (Å²) in [5.74, 6) is -0.407. The number of rotatable bonds is 1. The minimum Gasteiger partial charge on any atom is -0.426 e. The van der Waals surface area contributed by atoms with Crippen LogP contribution in [0.2, 0.25) is 0 Å². The van der Waals surface area contributed by atoms with Gasteiger partial charge in [0.25, 0.3) is 0 Å². The predicted molar refractivity (Wildman–Crippen MR) is 72.7 cm³/mol. The van der Waals surface area contributed by atoms with E-state index in [9.17, 15) is 9.59 Å². The van der Waals surface area contributed by atoms with Crippen LogP contribution in [-0.4, -0.2) is 24.6 Å². The van der Waals surface area contributed by atoms with Crippen molar-refractivity contribution in [2.75, 3.05) is 7.11 Å². The number of hydrogen-bond acceptors (Lipinski definition) is 4. The van der Waals surface area contributed by atoms with Crippen LogP contribution in [0.4, 0.5) is 0 Å². The highest BCUT2D eigenvalue weighted by Gasteiger charge is 2.56. The van der Waals surface area contributed by atoms with Gasteiger partial charge in [-0.15, -0.1) is 0 Å². The molecule has 1 saturated carbocycles. The van der Waals surface area contributed by atoms with E-state index in [1.807, 2.05) is 13.0 Å². The number of Topliss-reactive ketones (excluding diaryl/α,β-unsaturated/α-hetero) is 1. The molecule has 0 amide bonds. The van der Waals surface area contributed by atoms with Crippen LogP contribution in [0.15, 0.2) is 22.8 Å². The minimum absolute atomic E-state index is 0.0721. The topological polar surface area (TPSA) is 52.6 Å². The lowest BCUT2D eigenvalue weighted by Gasteiger charge is -2.46. The van der Waals surface area contributed by atoms with E-state index in [0.29, 0.717) is 18.4 Å². The van der Waals surface area contributed by atoms with Crippen molar-refractivity contribution < 1.29 is 19.1 Å². The first-order chi connectivity index (χ1) is 9.39. The molecule has 0 saturated heterocycles. The second kappa shape index (κ2) is 4.29. The van der Waals surface area contributed by atoms with Crippen LogP contribution < -0.4 is 0 Å². The smallest absolute Gasteiger partial charge is 0.336 e. The van der Waals surface area contributed by atoms with Crippen molar-refractivity contribution in [3.63, 3.8) is 0 Å². The lowest BCUT2D eigenvalue weighted by atomic mass is 9.62. The standard InChI is InChI=1S/C16H20O4/c1-8-5-12-11(6-13(8)17)9(2)7-16(19-4)14(12)10(3)15(18)20-16/h5,9,11-12H,6-7H2,1-4H3. The average Bonchev–Trinajstić information content (AvgIpc) is 2.65. The molecule has 1 heterocycles. The van der Waals surface area contributed by atoms with Gasteiger partial charge in [0.15, 0.2) is 5.78 Å². The number of hydrogen-bond donors (Lipinski definition) is 0. The third kappa shape index (κ3) is 1.64. The zero-order valence-electron chi connectivity index (χ0n) is 12.4. The molecule has 1 fully saturated rings. The quantitative estimate of drug-likeness (QED) is 0.690. The first-order valence-corrected chi connectivity index (χ1v) is 7.11. The number of esters is 1. The van der Waals surface area contributed by atoms with Crippen molar-refractivity contribution in [3.05, 3.63) is 22.8 Å². The number of carbonyl (C=O) groups is 2. The fourth-order valence-corrected chi connectivity index (χ4v) is 3.98. The molecule has 4 unspecified atom stereocenters. The third-order valence-electron chi connectivity index (χ3n) is 5.11. The van der Waals surface area contributed by atoms with Crippen LogP contribution in [0.25, 0.3) is 0 Å². The first-order valence-electron chi connectivity index (χ1n) is 7.11. The summed E-state index contributed by atoms with van der Waals surface area (Å²) >= 11 is 0. The summed E-state index contributed by atoms with van der Waals surface area (Å²) in [6, 6.07) is 0. The Hall–Kier alpha value is -1.42. The molecule has 0 spiro atoms. The molecule has 0 aromatic carbocycles. The SMILES string of the molecule is COC12CC(C)C3CC(=O)C(C)=CC3C1=C(C)C(=O)O2. The van der Waals surface area contributed by atoms with Crippen molar-refractivity contribution in [2.45, 2.75) is 39.4 Å². The summed E-state index contributed by atoms with van der Waals surface area (Å²) in [4.78, 5) is 24.0. The zero-order valence-corrected chi connectivity index (χ0v) is 12.4. The highest BCUT2D eigenvalue weighted by Crippen LogP contribution is 2.54. The van der Waals surface area contributed by atoms with Gasteiger partial charge in [-0.2, -0.15) is 0 Å². The fourth-order valence-electron chi connectivity index (χ4n) is 3.98. The normalized spacial score (nSPS) is 40.2. The Morgan fingerprint density at radius 2 is 2.05 bits per heavy atom. The molecule has 4 atom stereocenters. The molecule has 3 rings (SSSR count). The summed E-state index contributed by atoms with van der Waals surface area (Å²) in [6.45, 7) is 5.75. The number of ketones is 1. The van der Waals surface area contributed by atoms with Gasteiger partial charge in [0.1, 0.15) is 0 Å². The number of allylic oxidation sites excluding steroid dienone is 2. The largest absolute Gasteiger partial charge is 0.426 e. The summed E-state index contributed by atoms with van der Waals surface area (Å²) in [6.07, 6.45) is 3.18. The van der Waals surface area contributed by atoms with Crippen molar-refractivity contribution in [3.8, 4) is 0 Å². The average molecular weight is 276 g/mol. The summed E-state index contributed by atoms with van der Waals surface area (Å²) in [5.41, 5.74) is 2.36. The number of carbonyl (C=O) groups excluding carboxylic acids is 2. The number of ether oxygens (including phenoxy) is 2. The van der Waals surface area contributed by atoms with E-state index in [1.54, 1.807) is 14.0 Å². The monoisotopic (exact) mass is 276 g/mol. The van der Waals surface area contributed by atoms with E-state index >= 15 is 0 Å². The first kappa shape index (κ1) is 13.6. The fraction of sp³-hybridized carbons (Fsp3) is 0.625. The summed E-state index contributed by atoms with van der Waals surface area (Å²) in [7, 11) is 1.59. The molecular formula is C16H20O4. The van der Waals surface area contributed by atoms with Gasteiger partial charge in [-0.3, -0.25) is 4.79 Å². The van der Waals surface area contributed by atoms with Crippen LogP contribution in [0, 0.1) is 17.8 Å². The molecule has 0 bridgehead atoms. The van der Waals surface area contributed by atoms with E-state index in [-0.39, 0.29) is 29.5 Å². The van der Waals surface area contributed by atoms with E-state index in [1.165, 1.54) is 0 Å². The molecule has 4 heteroatoms. The van der Waals surface area contributed by atoms with Crippen LogP contribution in [0.5, 0.6) is 0 Å². The lowest BCUT2D eigenvalue weighted by molar-refractivity contribution is -0.209. The van der Waals surface area contributed by atoms with Gasteiger partial charge in [-0.25, -0.2) is 4.79 Å². The van der Waals surface area contributed by atoms with Crippen molar-refractivity contribution >= 4 is 11.8 Å². The molecule has 0 aromatic heterocycles. The molecule has 0 radical (unpaired) electrons. The molecule has 20 heavy (non-hydrogen) atoms. The van der Waals surface area contributed by atoms with Crippen LogP contribution >= 0.6 is 0 Å². The Kier molecular flexibility index (Phi) is 2.91. The van der Waals surface area contributed by atoms with Crippen LogP contribution in [0.1, 0.15) is 33.6 Å². The van der Waals surface area contributed by atoms with Gasteiger partial charge in [0.2, 0.25) is 5.79 Å². The lowest BCUT2D eigenvalue weighted by Crippen LogP contribution is -2.48. The van der Waals surface area contributed by atoms with Crippen LogP contribution in [-0.2, 0) is 19.1 Å². The third-order valence-corrected chi connectivity index (χ3v) is 5.11. The second-order valence-corrected chi connectivity index (χ2v) is 6.23. The number of fused-ring (bicyclic) bond motifs is 3. The zero-order chi connectivity index (χ0) is 14.7. The number of methoxy groups -OCH3 is 1. The molecule has 3 aliphatic rings. The molecule has 0 N–H and O–H groups in total. The highest BCUT2D eigenvalue weighted by atomic mass is 16.7. The van der Waals surface area contributed by atoms with Gasteiger partial charge < -0.3 is 9.47 Å². The van der Waals surface area contributed by atoms with E-state index in [4.69, 9.17) is 9.47 Å². The Morgan fingerprint density at radius 1 is 1.35 bits per heavy atom. The molecule has 1 aliphatic heterocycles. The maximum atomic E-state index is 12.0. The van der Waals surface area contributed by atoms with E-state index in [2.05, 4.69) is 6.92 Å². The minimum atomic E-state index is -0.918. The predicted octanol–water partition coefficient (Wildman–Crippen LogP) is 2.39. The van der Waals surface area contributed by atoms with Gasteiger partial charge >= 0.3 is 5.97 Å². The molecular weight excluding hydrogens is 256 g/mol. The van der Waals surface area contributed by atoms with Gasteiger partial charge in [0, 0.05) is 37.0 Å². The maximum Gasteiger partial charge on any atom is 0.336 e. The Morgan fingerprint density at radius 3 is 2.70 bits per heavy atom. The van der Waals surface area contributed by atoms with Gasteiger partial charge in [0.05, 0.1) is 0 Å². The Labute approximate surface area is 118 Å². The molecule has 4 nitrogen and oxygen atoms in total. The summed E-state index contributed by atoms with van der Waals surface area (Å²) in [5, 5.41) is 0. The maximum absolute atomic E-state index is 12.0. The highest BCUT2D eigenvalue weighted by molar-refractivity contribution is 5.97. The summed E-state index contributed by atoms with van der Waals surface area (Å²) < 4.78 is 11.2. The molecule has 2 aliphatic carbocycles. The Bertz CT molecular complexity index is 557. The molecule has 108 valence electrons. The van der Waals surface area contributed by atoms with Crippen molar-refractivity contribution in [2.24, 2.45) is 17.8 Å². The van der Waals surface area contributed by atoms with E-state index < -0.39 is 5.79 Å². The van der Waals surface area contributed by atoms with Crippen LogP contribution in [0.3, 0.4) is 0 Å². The van der Waals surface area contributed by atoms with Crippen molar-refractivity contribution in [1.29, 1.82) is 0 Å².